The number of nitrogens with two attached hydrogens (primary N) is 1. The Bertz CT molecular complexity index is 843. The number of aryl methyl sites for hydroxylation is 2. The zero-order valence-corrected chi connectivity index (χ0v) is 15.1. The average Bonchev–Trinajstić information content (AvgIpc) is 2.91. The van der Waals surface area contributed by atoms with Crippen molar-refractivity contribution in [3.05, 3.63) is 41.2 Å². The van der Waals surface area contributed by atoms with Crippen LogP contribution in [0.5, 0.6) is 5.75 Å². The minimum atomic E-state index is 0.432. The molecule has 0 bridgehead atoms. The van der Waals surface area contributed by atoms with Crippen LogP contribution in [0.4, 0.5) is 28.1 Å². The van der Waals surface area contributed by atoms with Gasteiger partial charge in [-0.2, -0.15) is 0 Å². The van der Waals surface area contributed by atoms with E-state index in [0.717, 1.165) is 27.1 Å². The molecule has 0 aliphatic rings. The molecular formula is C17H20N6OS. The van der Waals surface area contributed by atoms with Gasteiger partial charge in [0.05, 0.1) is 12.3 Å². The number of rotatable bonds is 6. The van der Waals surface area contributed by atoms with Crippen molar-refractivity contribution in [1.29, 1.82) is 0 Å². The lowest BCUT2D eigenvalue weighted by atomic mass is 10.3. The van der Waals surface area contributed by atoms with Crippen molar-refractivity contribution in [2.75, 3.05) is 23.0 Å². The first-order valence-corrected chi connectivity index (χ1v) is 8.70. The molecule has 25 heavy (non-hydrogen) atoms. The van der Waals surface area contributed by atoms with Crippen molar-refractivity contribution < 1.29 is 4.74 Å². The van der Waals surface area contributed by atoms with Gasteiger partial charge >= 0.3 is 0 Å². The van der Waals surface area contributed by atoms with Crippen LogP contribution in [-0.4, -0.2) is 21.6 Å². The lowest BCUT2D eigenvalue weighted by Crippen LogP contribution is -2.05. The lowest BCUT2D eigenvalue weighted by Gasteiger charge is -2.12. The highest BCUT2D eigenvalue weighted by molar-refractivity contribution is 7.15. The molecule has 0 atom stereocenters. The molecule has 0 fully saturated rings. The molecule has 0 spiro atoms. The Labute approximate surface area is 150 Å². The van der Waals surface area contributed by atoms with Gasteiger partial charge in [-0.15, -0.1) is 11.3 Å². The molecule has 2 heterocycles. The molecule has 2 aromatic heterocycles. The van der Waals surface area contributed by atoms with E-state index in [2.05, 4.69) is 25.6 Å². The van der Waals surface area contributed by atoms with E-state index in [0.29, 0.717) is 23.9 Å². The Balaban J connectivity index is 1.78. The van der Waals surface area contributed by atoms with Crippen molar-refractivity contribution in [3.63, 3.8) is 0 Å². The van der Waals surface area contributed by atoms with Crippen molar-refractivity contribution in [2.24, 2.45) is 0 Å². The van der Waals surface area contributed by atoms with Gasteiger partial charge in [-0.1, -0.05) is 0 Å². The fraction of sp³-hybridized carbons (Fsp3) is 0.235. The van der Waals surface area contributed by atoms with Gasteiger partial charge in [-0.25, -0.2) is 15.0 Å². The second-order valence-corrected chi connectivity index (χ2v) is 6.56. The van der Waals surface area contributed by atoms with Gasteiger partial charge in [-0.3, -0.25) is 0 Å². The normalized spacial score (nSPS) is 10.5. The molecule has 4 N–H and O–H groups in total. The van der Waals surface area contributed by atoms with E-state index in [9.17, 15) is 0 Å². The van der Waals surface area contributed by atoms with Crippen molar-refractivity contribution in [3.8, 4) is 5.75 Å². The number of aromatic nitrogens is 3. The van der Waals surface area contributed by atoms with Crippen LogP contribution in [0.1, 0.15) is 17.5 Å². The maximum absolute atomic E-state index is 6.20. The maximum atomic E-state index is 6.20. The Kier molecular flexibility index (Phi) is 4.99. The van der Waals surface area contributed by atoms with Crippen LogP contribution in [0, 0.1) is 13.8 Å². The highest BCUT2D eigenvalue weighted by Crippen LogP contribution is 2.30. The third kappa shape index (κ3) is 3.97. The second kappa shape index (κ2) is 7.35. The van der Waals surface area contributed by atoms with Gasteiger partial charge < -0.3 is 21.1 Å². The van der Waals surface area contributed by atoms with Crippen LogP contribution >= 0.6 is 11.3 Å². The molecule has 0 aliphatic carbocycles. The molecule has 130 valence electrons. The summed E-state index contributed by atoms with van der Waals surface area (Å²) in [6, 6.07) is 7.60. The van der Waals surface area contributed by atoms with Crippen LogP contribution < -0.4 is 21.1 Å². The van der Waals surface area contributed by atoms with Crippen molar-refractivity contribution in [1.82, 2.24) is 15.0 Å². The van der Waals surface area contributed by atoms with Gasteiger partial charge in [0.15, 0.2) is 16.8 Å². The summed E-state index contributed by atoms with van der Waals surface area (Å²) in [5.74, 6) is 1.88. The number of benzene rings is 1. The topological polar surface area (TPSA) is 98.0 Å². The minimum Gasteiger partial charge on any atom is -0.494 e. The summed E-state index contributed by atoms with van der Waals surface area (Å²) in [5.41, 5.74) is 8.49. The molecule has 8 heteroatoms. The first-order valence-electron chi connectivity index (χ1n) is 7.88. The Morgan fingerprint density at radius 3 is 2.36 bits per heavy atom. The number of anilines is 5. The van der Waals surface area contributed by atoms with Gasteiger partial charge in [-0.05, 0) is 45.0 Å². The van der Waals surface area contributed by atoms with Gasteiger partial charge in [0.25, 0.3) is 0 Å². The summed E-state index contributed by atoms with van der Waals surface area (Å²) in [6.07, 6.45) is 1.46. The summed E-state index contributed by atoms with van der Waals surface area (Å²) in [5, 5.41) is 7.11. The second-order valence-electron chi connectivity index (χ2n) is 5.35. The van der Waals surface area contributed by atoms with Gasteiger partial charge in [0.1, 0.15) is 17.8 Å². The molecule has 3 rings (SSSR count). The van der Waals surface area contributed by atoms with Crippen LogP contribution in [0.3, 0.4) is 0 Å². The monoisotopic (exact) mass is 356 g/mol. The third-order valence-electron chi connectivity index (χ3n) is 3.57. The first-order chi connectivity index (χ1) is 12.1. The van der Waals surface area contributed by atoms with E-state index in [4.69, 9.17) is 10.5 Å². The standard InChI is InChI=1S/C17H20N6OS/c1-4-24-13-7-5-12(6-8-13)22-15-14(18)16(20-9-19-15)23-17-21-10(2)11(3)25-17/h5-9H,4,18H2,1-3H3,(H2,19,20,21,22,23). The third-order valence-corrected chi connectivity index (χ3v) is 4.55. The number of nitrogens with zero attached hydrogens (tertiary/aromatic N) is 3. The summed E-state index contributed by atoms with van der Waals surface area (Å²) in [7, 11) is 0. The molecule has 0 radical (unpaired) electrons. The van der Waals surface area contributed by atoms with E-state index in [1.807, 2.05) is 45.0 Å². The molecule has 7 nitrogen and oxygen atoms in total. The predicted molar refractivity (Wildman–Crippen MR) is 102 cm³/mol. The molecule has 1 aromatic carbocycles. The molecule has 0 saturated carbocycles. The smallest absolute Gasteiger partial charge is 0.188 e. The van der Waals surface area contributed by atoms with Crippen LogP contribution in [0.25, 0.3) is 0 Å². The Morgan fingerprint density at radius 2 is 1.76 bits per heavy atom. The fourth-order valence-corrected chi connectivity index (χ4v) is 2.97. The Morgan fingerprint density at radius 1 is 1.08 bits per heavy atom. The summed E-state index contributed by atoms with van der Waals surface area (Å²) >= 11 is 1.56. The number of nitrogen functional groups attached to an aromatic ring is 1. The van der Waals surface area contributed by atoms with E-state index in [1.165, 1.54) is 6.33 Å². The fourth-order valence-electron chi connectivity index (χ4n) is 2.16. The summed E-state index contributed by atoms with van der Waals surface area (Å²) in [6.45, 7) is 6.59. The minimum absolute atomic E-state index is 0.432. The number of ether oxygens (including phenoxy) is 1. The van der Waals surface area contributed by atoms with E-state index in [-0.39, 0.29) is 0 Å². The first kappa shape index (κ1) is 17.0. The van der Waals surface area contributed by atoms with E-state index >= 15 is 0 Å². The van der Waals surface area contributed by atoms with E-state index < -0.39 is 0 Å². The van der Waals surface area contributed by atoms with Crippen LogP contribution in [0.15, 0.2) is 30.6 Å². The maximum Gasteiger partial charge on any atom is 0.188 e. The zero-order chi connectivity index (χ0) is 17.8. The molecule has 0 unspecified atom stereocenters. The lowest BCUT2D eigenvalue weighted by molar-refractivity contribution is 0.340. The number of hydrogen-bond donors (Lipinski definition) is 3. The predicted octanol–water partition coefficient (Wildman–Crippen LogP) is 4.02. The quantitative estimate of drug-likeness (QED) is 0.613. The number of thiazole rings is 1. The summed E-state index contributed by atoms with van der Waals surface area (Å²) in [4.78, 5) is 14.0. The molecule has 0 saturated heterocycles. The Hall–Kier alpha value is -2.87. The molecular weight excluding hydrogens is 336 g/mol. The zero-order valence-electron chi connectivity index (χ0n) is 14.3. The molecule has 0 aliphatic heterocycles. The number of hydrogen-bond acceptors (Lipinski definition) is 8. The van der Waals surface area contributed by atoms with E-state index in [1.54, 1.807) is 11.3 Å². The largest absolute Gasteiger partial charge is 0.494 e. The SMILES string of the molecule is CCOc1ccc(Nc2ncnc(Nc3nc(C)c(C)s3)c2N)cc1. The van der Waals surface area contributed by atoms with Crippen LogP contribution in [-0.2, 0) is 0 Å². The van der Waals surface area contributed by atoms with Gasteiger partial charge in [0.2, 0.25) is 0 Å². The average molecular weight is 356 g/mol. The van der Waals surface area contributed by atoms with Gasteiger partial charge in [0, 0.05) is 10.6 Å². The van der Waals surface area contributed by atoms with Crippen molar-refractivity contribution in [2.45, 2.75) is 20.8 Å². The highest BCUT2D eigenvalue weighted by Gasteiger charge is 2.11. The highest BCUT2D eigenvalue weighted by atomic mass is 32.1. The number of nitrogens with one attached hydrogen (secondary N) is 2. The molecule has 3 aromatic rings. The van der Waals surface area contributed by atoms with Crippen LogP contribution in [0.2, 0.25) is 0 Å². The summed E-state index contributed by atoms with van der Waals surface area (Å²) < 4.78 is 5.44. The van der Waals surface area contributed by atoms with Crippen molar-refractivity contribution >= 4 is 39.5 Å². The molecule has 0 amide bonds.